The van der Waals surface area contributed by atoms with E-state index in [2.05, 4.69) is 10.8 Å². The second-order valence-corrected chi connectivity index (χ2v) is 6.80. The van der Waals surface area contributed by atoms with E-state index in [0.29, 0.717) is 12.3 Å². The topological polar surface area (TPSA) is 52.9 Å². The summed E-state index contributed by atoms with van der Waals surface area (Å²) in [6.07, 6.45) is 2.80. The van der Waals surface area contributed by atoms with Gasteiger partial charge in [0, 0.05) is 6.04 Å². The minimum Gasteiger partial charge on any atom is -0.242 e. The molecule has 2 atom stereocenters. The molecule has 14 heavy (non-hydrogen) atoms. The molecule has 0 bridgehead atoms. The van der Waals surface area contributed by atoms with Crippen molar-refractivity contribution < 1.29 is 4.21 Å². The Morgan fingerprint density at radius 2 is 2.14 bits per heavy atom. The molecule has 1 aliphatic carbocycles. The Bertz CT molecular complexity index is 260. The number of nitrogens with one attached hydrogen (secondary N) is 1. The molecule has 0 radical (unpaired) electrons. The molecule has 1 saturated carbocycles. The van der Waals surface area contributed by atoms with E-state index in [-0.39, 0.29) is 10.8 Å². The van der Waals surface area contributed by atoms with Crippen molar-refractivity contribution in [3.8, 4) is 6.07 Å². The quantitative estimate of drug-likeness (QED) is 0.775. The molecule has 0 unspecified atom stereocenters. The Balaban J connectivity index is 2.47. The van der Waals surface area contributed by atoms with Crippen molar-refractivity contribution in [2.24, 2.45) is 5.92 Å². The summed E-state index contributed by atoms with van der Waals surface area (Å²) in [5, 5.41) is 8.64. The smallest absolute Gasteiger partial charge is 0.0973 e. The van der Waals surface area contributed by atoms with E-state index in [1.807, 2.05) is 20.8 Å². The van der Waals surface area contributed by atoms with E-state index in [9.17, 15) is 4.21 Å². The highest BCUT2D eigenvalue weighted by atomic mass is 32.2. The molecule has 0 aromatic heterocycles. The third-order valence-electron chi connectivity index (χ3n) is 2.32. The van der Waals surface area contributed by atoms with Gasteiger partial charge in [0.15, 0.2) is 0 Å². The molecule has 1 aliphatic rings. The van der Waals surface area contributed by atoms with Gasteiger partial charge in [0.1, 0.15) is 0 Å². The first-order valence-corrected chi connectivity index (χ1v) is 6.15. The molecule has 1 N–H and O–H groups in total. The lowest BCUT2D eigenvalue weighted by molar-refractivity contribution is 0.542. The lowest BCUT2D eigenvalue weighted by Crippen LogP contribution is -2.40. The number of nitriles is 1. The van der Waals surface area contributed by atoms with Crippen LogP contribution in [0.15, 0.2) is 0 Å². The number of hydrogen-bond donors (Lipinski definition) is 1. The van der Waals surface area contributed by atoms with Gasteiger partial charge in [-0.1, -0.05) is 0 Å². The molecule has 0 aromatic rings. The van der Waals surface area contributed by atoms with Crippen molar-refractivity contribution in [1.29, 1.82) is 5.26 Å². The first-order chi connectivity index (χ1) is 6.45. The third kappa shape index (κ3) is 3.39. The Labute approximate surface area is 88.5 Å². The van der Waals surface area contributed by atoms with E-state index in [1.54, 1.807) is 0 Å². The zero-order valence-corrected chi connectivity index (χ0v) is 9.86. The maximum atomic E-state index is 11.8. The molecule has 0 aromatic carbocycles. The molecule has 0 aliphatic heterocycles. The Hall–Kier alpha value is -0.400. The van der Waals surface area contributed by atoms with E-state index >= 15 is 0 Å². The zero-order valence-electron chi connectivity index (χ0n) is 9.04. The lowest BCUT2D eigenvalue weighted by atomic mass is 10.1. The Morgan fingerprint density at radius 3 is 2.50 bits per heavy atom. The first-order valence-electron chi connectivity index (χ1n) is 5.00. The molecule has 0 amide bonds. The van der Waals surface area contributed by atoms with Gasteiger partial charge in [-0.15, -0.1) is 0 Å². The standard InChI is InChI=1S/C10H18N2OS/c1-10(2,3)14(13)12-9(6-7-11)8-4-5-8/h8-9,12H,4-6H2,1-3H3/t9-,14-/m1/s1. The average molecular weight is 214 g/mol. The van der Waals surface area contributed by atoms with Gasteiger partial charge in [-0.05, 0) is 39.5 Å². The minimum absolute atomic E-state index is 0.125. The van der Waals surface area contributed by atoms with Gasteiger partial charge in [0.2, 0.25) is 0 Å². The van der Waals surface area contributed by atoms with E-state index in [0.717, 1.165) is 0 Å². The summed E-state index contributed by atoms with van der Waals surface area (Å²) in [5.74, 6) is 0.570. The molecule has 4 heteroatoms. The second-order valence-electron chi connectivity index (χ2n) is 4.81. The van der Waals surface area contributed by atoms with Crippen LogP contribution < -0.4 is 4.72 Å². The van der Waals surface area contributed by atoms with E-state index < -0.39 is 11.0 Å². The molecular weight excluding hydrogens is 196 g/mol. The van der Waals surface area contributed by atoms with Gasteiger partial charge in [0.25, 0.3) is 0 Å². The zero-order chi connectivity index (χ0) is 10.8. The number of nitrogens with zero attached hydrogens (tertiary/aromatic N) is 1. The molecule has 0 saturated heterocycles. The van der Waals surface area contributed by atoms with Crippen LogP contribution in [0.25, 0.3) is 0 Å². The van der Waals surface area contributed by atoms with Crippen molar-refractivity contribution in [3.63, 3.8) is 0 Å². The summed E-state index contributed by atoms with van der Waals surface area (Å²) in [4.78, 5) is 0. The second kappa shape index (κ2) is 4.41. The fourth-order valence-corrected chi connectivity index (χ4v) is 2.12. The fraction of sp³-hybridized carbons (Fsp3) is 0.900. The largest absolute Gasteiger partial charge is 0.242 e. The molecular formula is C10H18N2OS. The highest BCUT2D eigenvalue weighted by Gasteiger charge is 2.33. The minimum atomic E-state index is -1.05. The summed E-state index contributed by atoms with van der Waals surface area (Å²) >= 11 is 0. The number of hydrogen-bond acceptors (Lipinski definition) is 2. The van der Waals surface area contributed by atoms with Crippen molar-refractivity contribution in [3.05, 3.63) is 0 Å². The summed E-state index contributed by atoms with van der Waals surface area (Å²) in [6, 6.07) is 2.27. The molecule has 1 fully saturated rings. The predicted octanol–water partition coefficient (Wildman–Crippen LogP) is 1.73. The monoisotopic (exact) mass is 214 g/mol. The maximum Gasteiger partial charge on any atom is 0.0973 e. The van der Waals surface area contributed by atoms with Crippen LogP contribution in [0.4, 0.5) is 0 Å². The molecule has 80 valence electrons. The van der Waals surface area contributed by atoms with Crippen molar-refractivity contribution in [2.45, 2.75) is 50.8 Å². The van der Waals surface area contributed by atoms with Crippen LogP contribution in [0.5, 0.6) is 0 Å². The van der Waals surface area contributed by atoms with Crippen LogP contribution in [0.1, 0.15) is 40.0 Å². The highest BCUT2D eigenvalue weighted by molar-refractivity contribution is 7.84. The van der Waals surface area contributed by atoms with Crippen molar-refractivity contribution >= 4 is 11.0 Å². The molecule has 1 rings (SSSR count). The summed E-state index contributed by atoms with van der Waals surface area (Å²) < 4.78 is 14.6. The molecule has 3 nitrogen and oxygen atoms in total. The van der Waals surface area contributed by atoms with Crippen LogP contribution >= 0.6 is 0 Å². The molecule has 0 heterocycles. The maximum absolute atomic E-state index is 11.8. The van der Waals surface area contributed by atoms with Gasteiger partial charge in [-0.2, -0.15) is 5.26 Å². The van der Waals surface area contributed by atoms with Gasteiger partial charge in [-0.25, -0.2) is 8.93 Å². The van der Waals surface area contributed by atoms with Crippen LogP contribution in [0.3, 0.4) is 0 Å². The van der Waals surface area contributed by atoms with Crippen LogP contribution in [-0.2, 0) is 11.0 Å². The first kappa shape index (κ1) is 11.7. The molecule has 0 spiro atoms. The lowest BCUT2D eigenvalue weighted by Gasteiger charge is -2.22. The normalized spacial score (nSPS) is 21.3. The number of rotatable bonds is 4. The van der Waals surface area contributed by atoms with Crippen LogP contribution in [-0.4, -0.2) is 15.0 Å². The van der Waals surface area contributed by atoms with Gasteiger partial charge in [0.05, 0.1) is 28.2 Å². The van der Waals surface area contributed by atoms with Crippen LogP contribution in [0, 0.1) is 17.2 Å². The highest BCUT2D eigenvalue weighted by Crippen LogP contribution is 2.34. The fourth-order valence-electron chi connectivity index (χ4n) is 1.22. The Kier molecular flexibility index (Phi) is 3.68. The summed E-state index contributed by atoms with van der Waals surface area (Å²) in [7, 11) is -1.05. The SMILES string of the molecule is CC(C)(C)[S@@](=O)N[C@H](CC#N)C1CC1. The summed E-state index contributed by atoms with van der Waals surface area (Å²) in [6.45, 7) is 5.81. The van der Waals surface area contributed by atoms with E-state index in [1.165, 1.54) is 12.8 Å². The van der Waals surface area contributed by atoms with Gasteiger partial charge < -0.3 is 0 Å². The van der Waals surface area contributed by atoms with E-state index in [4.69, 9.17) is 5.26 Å². The van der Waals surface area contributed by atoms with Crippen molar-refractivity contribution in [1.82, 2.24) is 4.72 Å². The summed E-state index contributed by atoms with van der Waals surface area (Å²) in [5.41, 5.74) is 0. The van der Waals surface area contributed by atoms with Crippen LogP contribution in [0.2, 0.25) is 0 Å². The van der Waals surface area contributed by atoms with Gasteiger partial charge in [-0.3, -0.25) is 0 Å². The average Bonchev–Trinajstić information content (AvgIpc) is 2.83. The third-order valence-corrected chi connectivity index (χ3v) is 3.95. The predicted molar refractivity (Wildman–Crippen MR) is 57.8 cm³/mol. The van der Waals surface area contributed by atoms with Gasteiger partial charge >= 0.3 is 0 Å². The Morgan fingerprint density at radius 1 is 1.57 bits per heavy atom. The van der Waals surface area contributed by atoms with Crippen molar-refractivity contribution in [2.75, 3.05) is 0 Å².